The van der Waals surface area contributed by atoms with E-state index in [1.54, 1.807) is 12.1 Å². The van der Waals surface area contributed by atoms with Crippen LogP contribution in [0.15, 0.2) is 16.6 Å². The molecule has 1 aromatic rings. The van der Waals surface area contributed by atoms with Gasteiger partial charge in [-0.25, -0.2) is 4.39 Å². The van der Waals surface area contributed by atoms with Crippen molar-refractivity contribution in [3.8, 4) is 0 Å². The SMILES string of the molecule is Nc1cc(Br)c(F)cc1N1CCN(C2CCCC2)CC1. The Labute approximate surface area is 128 Å². The summed E-state index contributed by atoms with van der Waals surface area (Å²) in [6.45, 7) is 3.98. The molecule has 0 atom stereocenters. The summed E-state index contributed by atoms with van der Waals surface area (Å²) in [5.74, 6) is -0.243. The molecule has 1 saturated carbocycles. The Morgan fingerprint density at radius 3 is 2.40 bits per heavy atom. The summed E-state index contributed by atoms with van der Waals surface area (Å²) in [6, 6.07) is 3.98. The molecule has 1 heterocycles. The molecule has 5 heteroatoms. The van der Waals surface area contributed by atoms with E-state index in [0.29, 0.717) is 10.2 Å². The number of nitrogen functional groups attached to an aromatic ring is 1. The van der Waals surface area contributed by atoms with E-state index >= 15 is 0 Å². The summed E-state index contributed by atoms with van der Waals surface area (Å²) in [7, 11) is 0. The minimum absolute atomic E-state index is 0.243. The van der Waals surface area contributed by atoms with Crippen molar-refractivity contribution in [1.29, 1.82) is 0 Å². The lowest BCUT2D eigenvalue weighted by Gasteiger charge is -2.39. The number of hydrogen-bond donors (Lipinski definition) is 1. The van der Waals surface area contributed by atoms with Gasteiger partial charge in [0.1, 0.15) is 5.82 Å². The first kappa shape index (κ1) is 14.1. The van der Waals surface area contributed by atoms with Crippen LogP contribution in [-0.2, 0) is 0 Å². The number of hydrogen-bond acceptors (Lipinski definition) is 3. The van der Waals surface area contributed by atoms with Crippen molar-refractivity contribution in [3.05, 3.63) is 22.4 Å². The molecule has 0 spiro atoms. The molecule has 3 rings (SSSR count). The third kappa shape index (κ3) is 2.79. The van der Waals surface area contributed by atoms with E-state index in [-0.39, 0.29) is 5.82 Å². The van der Waals surface area contributed by atoms with Gasteiger partial charge in [0.2, 0.25) is 0 Å². The first-order valence-corrected chi connectivity index (χ1v) is 8.18. The van der Waals surface area contributed by atoms with Gasteiger partial charge in [0.15, 0.2) is 0 Å². The quantitative estimate of drug-likeness (QED) is 0.838. The van der Waals surface area contributed by atoms with Crippen molar-refractivity contribution in [2.45, 2.75) is 31.7 Å². The fraction of sp³-hybridized carbons (Fsp3) is 0.600. The van der Waals surface area contributed by atoms with Crippen molar-refractivity contribution in [1.82, 2.24) is 4.90 Å². The fourth-order valence-corrected chi connectivity index (χ4v) is 3.78. The zero-order valence-corrected chi connectivity index (χ0v) is 13.2. The van der Waals surface area contributed by atoms with Crippen molar-refractivity contribution in [2.24, 2.45) is 0 Å². The van der Waals surface area contributed by atoms with Gasteiger partial charge in [0.25, 0.3) is 0 Å². The second kappa shape index (κ2) is 5.90. The fourth-order valence-electron chi connectivity index (χ4n) is 3.42. The molecule has 2 aliphatic rings. The second-order valence-corrected chi connectivity index (χ2v) is 6.64. The topological polar surface area (TPSA) is 32.5 Å². The average Bonchev–Trinajstić information content (AvgIpc) is 2.97. The molecule has 1 saturated heterocycles. The van der Waals surface area contributed by atoms with Crippen LogP contribution in [0.2, 0.25) is 0 Å². The second-order valence-electron chi connectivity index (χ2n) is 5.79. The van der Waals surface area contributed by atoms with Crippen molar-refractivity contribution in [3.63, 3.8) is 0 Å². The Kier molecular flexibility index (Phi) is 4.17. The molecule has 0 amide bonds. The van der Waals surface area contributed by atoms with Crippen LogP contribution in [0.25, 0.3) is 0 Å². The van der Waals surface area contributed by atoms with Gasteiger partial charge < -0.3 is 10.6 Å². The van der Waals surface area contributed by atoms with Gasteiger partial charge in [-0.3, -0.25) is 4.90 Å². The lowest BCUT2D eigenvalue weighted by molar-refractivity contribution is 0.187. The Balaban J connectivity index is 1.67. The van der Waals surface area contributed by atoms with Gasteiger partial charge in [-0.05, 0) is 34.8 Å². The van der Waals surface area contributed by atoms with E-state index in [1.807, 2.05) is 0 Å². The predicted molar refractivity (Wildman–Crippen MR) is 84.6 cm³/mol. The summed E-state index contributed by atoms with van der Waals surface area (Å²) in [5.41, 5.74) is 7.50. The number of nitrogens with zero attached hydrogens (tertiary/aromatic N) is 2. The van der Waals surface area contributed by atoms with Crippen LogP contribution >= 0.6 is 15.9 Å². The Morgan fingerprint density at radius 2 is 1.75 bits per heavy atom. The third-order valence-corrected chi connectivity index (χ3v) is 5.17. The summed E-state index contributed by atoms with van der Waals surface area (Å²) in [5, 5.41) is 0. The van der Waals surface area contributed by atoms with Gasteiger partial charge in [0, 0.05) is 38.3 Å². The molecule has 1 aliphatic carbocycles. The first-order valence-electron chi connectivity index (χ1n) is 7.38. The Morgan fingerprint density at radius 1 is 1.10 bits per heavy atom. The largest absolute Gasteiger partial charge is 0.397 e. The molecular formula is C15H21BrFN3. The number of nitrogens with two attached hydrogens (primary N) is 1. The van der Waals surface area contributed by atoms with Gasteiger partial charge in [-0.1, -0.05) is 12.8 Å². The normalized spacial score (nSPS) is 21.6. The van der Waals surface area contributed by atoms with Crippen LogP contribution in [0, 0.1) is 5.82 Å². The molecule has 1 aromatic carbocycles. The highest BCUT2D eigenvalue weighted by Crippen LogP contribution is 2.31. The predicted octanol–water partition coefficient (Wildman–Crippen LogP) is 3.24. The standard InChI is InChI=1S/C15H21BrFN3/c16-12-9-14(18)15(10-13(12)17)20-7-5-19(6-8-20)11-3-1-2-4-11/h9-11H,1-8,18H2. The first-order chi connectivity index (χ1) is 9.65. The lowest BCUT2D eigenvalue weighted by atomic mass is 10.1. The van der Waals surface area contributed by atoms with Crippen molar-refractivity contribution >= 4 is 27.3 Å². The average molecular weight is 342 g/mol. The molecular weight excluding hydrogens is 321 g/mol. The van der Waals surface area contributed by atoms with E-state index < -0.39 is 0 Å². The zero-order chi connectivity index (χ0) is 14.1. The number of piperazine rings is 1. The summed E-state index contributed by atoms with van der Waals surface area (Å²) in [4.78, 5) is 4.80. The molecule has 0 radical (unpaired) electrons. The Bertz CT molecular complexity index is 480. The highest BCUT2D eigenvalue weighted by atomic mass is 79.9. The van der Waals surface area contributed by atoms with E-state index in [4.69, 9.17) is 5.73 Å². The minimum Gasteiger partial charge on any atom is -0.397 e. The molecule has 2 fully saturated rings. The minimum atomic E-state index is -0.243. The number of halogens is 2. The smallest absolute Gasteiger partial charge is 0.139 e. The van der Waals surface area contributed by atoms with Gasteiger partial charge in [0.05, 0.1) is 15.8 Å². The van der Waals surface area contributed by atoms with Crippen LogP contribution in [0.5, 0.6) is 0 Å². The zero-order valence-electron chi connectivity index (χ0n) is 11.6. The molecule has 0 aromatic heterocycles. The maximum Gasteiger partial charge on any atom is 0.139 e. The van der Waals surface area contributed by atoms with Gasteiger partial charge in [-0.2, -0.15) is 0 Å². The molecule has 0 bridgehead atoms. The monoisotopic (exact) mass is 341 g/mol. The highest BCUT2D eigenvalue weighted by Gasteiger charge is 2.26. The van der Waals surface area contributed by atoms with Crippen LogP contribution in [0.1, 0.15) is 25.7 Å². The van der Waals surface area contributed by atoms with E-state index in [9.17, 15) is 4.39 Å². The maximum absolute atomic E-state index is 13.7. The number of rotatable bonds is 2. The maximum atomic E-state index is 13.7. The van der Waals surface area contributed by atoms with Crippen LogP contribution in [-0.4, -0.2) is 37.1 Å². The van der Waals surface area contributed by atoms with E-state index in [2.05, 4.69) is 25.7 Å². The molecule has 1 aliphatic heterocycles. The number of anilines is 2. The van der Waals surface area contributed by atoms with Crippen molar-refractivity contribution in [2.75, 3.05) is 36.8 Å². The Hall–Kier alpha value is -0.810. The lowest BCUT2D eigenvalue weighted by Crippen LogP contribution is -2.49. The van der Waals surface area contributed by atoms with E-state index in [0.717, 1.165) is 37.9 Å². The third-order valence-electron chi connectivity index (χ3n) is 4.57. The highest BCUT2D eigenvalue weighted by molar-refractivity contribution is 9.10. The molecule has 2 N–H and O–H groups in total. The summed E-state index contributed by atoms with van der Waals surface area (Å²) >= 11 is 3.18. The molecule has 20 heavy (non-hydrogen) atoms. The van der Waals surface area contributed by atoms with Crippen molar-refractivity contribution < 1.29 is 4.39 Å². The summed E-state index contributed by atoms with van der Waals surface area (Å²) in [6.07, 6.45) is 5.43. The summed E-state index contributed by atoms with van der Waals surface area (Å²) < 4.78 is 14.1. The number of benzene rings is 1. The van der Waals surface area contributed by atoms with Gasteiger partial charge >= 0.3 is 0 Å². The van der Waals surface area contributed by atoms with Crippen LogP contribution in [0.4, 0.5) is 15.8 Å². The molecule has 110 valence electrons. The van der Waals surface area contributed by atoms with Crippen LogP contribution < -0.4 is 10.6 Å². The molecule has 3 nitrogen and oxygen atoms in total. The molecule has 0 unspecified atom stereocenters. The van der Waals surface area contributed by atoms with Gasteiger partial charge in [-0.15, -0.1) is 0 Å². The van der Waals surface area contributed by atoms with Crippen LogP contribution in [0.3, 0.4) is 0 Å². The van der Waals surface area contributed by atoms with E-state index in [1.165, 1.54) is 25.7 Å².